The zero-order chi connectivity index (χ0) is 10.8. The molecule has 1 aromatic rings. The molecule has 0 spiro atoms. The highest BCUT2D eigenvalue weighted by atomic mass is 32.2. The minimum Gasteiger partial charge on any atom is -0.326 e. The van der Waals surface area contributed by atoms with Crippen LogP contribution in [0.2, 0.25) is 0 Å². The summed E-state index contributed by atoms with van der Waals surface area (Å²) < 4.78 is 0. The molecular formula is C10H16N2S3. The van der Waals surface area contributed by atoms with Gasteiger partial charge in [0.05, 0.1) is 10.9 Å². The van der Waals surface area contributed by atoms with Crippen molar-refractivity contribution < 1.29 is 0 Å². The molecule has 2 atom stereocenters. The summed E-state index contributed by atoms with van der Waals surface area (Å²) >= 11 is 5.90. The van der Waals surface area contributed by atoms with Crippen LogP contribution in [-0.2, 0) is 6.54 Å². The average Bonchev–Trinajstić information content (AvgIpc) is 2.60. The van der Waals surface area contributed by atoms with Crippen molar-refractivity contribution >= 4 is 34.9 Å². The summed E-state index contributed by atoms with van der Waals surface area (Å²) in [5.74, 6) is 2.52. The van der Waals surface area contributed by atoms with Gasteiger partial charge in [-0.3, -0.25) is 0 Å². The Morgan fingerprint density at radius 1 is 1.40 bits per heavy atom. The largest absolute Gasteiger partial charge is 0.326 e. The van der Waals surface area contributed by atoms with E-state index in [1.165, 1.54) is 21.4 Å². The number of hydrogen-bond acceptors (Lipinski definition) is 5. The summed E-state index contributed by atoms with van der Waals surface area (Å²) in [6, 6.07) is 0. The number of thiazole rings is 1. The van der Waals surface area contributed by atoms with Crippen LogP contribution >= 0.6 is 34.9 Å². The maximum absolute atomic E-state index is 5.69. The number of rotatable bonds is 2. The van der Waals surface area contributed by atoms with E-state index >= 15 is 0 Å². The van der Waals surface area contributed by atoms with Crippen LogP contribution < -0.4 is 5.73 Å². The van der Waals surface area contributed by atoms with E-state index in [-0.39, 0.29) is 0 Å². The van der Waals surface area contributed by atoms with Crippen LogP contribution in [0.15, 0.2) is 0 Å². The summed E-state index contributed by atoms with van der Waals surface area (Å²) in [5.41, 5.74) is 6.81. The Morgan fingerprint density at radius 2 is 2.13 bits per heavy atom. The minimum absolute atomic E-state index is 0.577. The van der Waals surface area contributed by atoms with E-state index in [1.807, 2.05) is 11.8 Å². The predicted molar refractivity (Wildman–Crippen MR) is 71.9 cm³/mol. The number of thioether (sulfide) groups is 2. The first kappa shape index (κ1) is 11.8. The maximum atomic E-state index is 5.69. The number of hydrogen-bond donors (Lipinski definition) is 1. The molecule has 1 aromatic heterocycles. The van der Waals surface area contributed by atoms with Gasteiger partial charge in [-0.05, 0) is 6.92 Å². The average molecular weight is 260 g/mol. The lowest BCUT2D eigenvalue weighted by atomic mass is 10.3. The second-order valence-corrected chi connectivity index (χ2v) is 7.48. The Hall–Kier alpha value is 0.290. The standard InChI is InChI=1S/C10H16N2S3/c1-6-8(5-11)15-10(12-6)9-7(2)13-3-4-14-9/h7,9H,3-5,11H2,1-2H3. The lowest BCUT2D eigenvalue weighted by molar-refractivity contribution is 0.889. The van der Waals surface area contributed by atoms with Crippen LogP contribution in [0.4, 0.5) is 0 Å². The molecule has 0 bridgehead atoms. The van der Waals surface area contributed by atoms with Gasteiger partial charge in [-0.2, -0.15) is 11.8 Å². The van der Waals surface area contributed by atoms with Gasteiger partial charge in [-0.1, -0.05) is 6.92 Å². The molecule has 5 heteroatoms. The zero-order valence-electron chi connectivity index (χ0n) is 9.03. The monoisotopic (exact) mass is 260 g/mol. The van der Waals surface area contributed by atoms with E-state index in [0.717, 1.165) is 5.69 Å². The fourth-order valence-electron chi connectivity index (χ4n) is 1.67. The second-order valence-electron chi connectivity index (χ2n) is 3.63. The molecule has 2 N–H and O–H groups in total. The SMILES string of the molecule is Cc1nc(C2SCCSC2C)sc1CN. The van der Waals surface area contributed by atoms with Gasteiger partial charge in [0.25, 0.3) is 0 Å². The molecule has 0 aliphatic carbocycles. The third-order valence-corrected chi connectivity index (χ3v) is 7.04. The van der Waals surface area contributed by atoms with Gasteiger partial charge in [-0.15, -0.1) is 23.1 Å². The van der Waals surface area contributed by atoms with E-state index in [2.05, 4.69) is 30.6 Å². The third-order valence-electron chi connectivity index (χ3n) is 2.53. The molecule has 0 aromatic carbocycles. The van der Waals surface area contributed by atoms with E-state index in [4.69, 9.17) is 5.73 Å². The van der Waals surface area contributed by atoms with Crippen LogP contribution in [0.3, 0.4) is 0 Å². The fraction of sp³-hybridized carbons (Fsp3) is 0.700. The Balaban J connectivity index is 2.20. The first-order valence-corrected chi connectivity index (χ1v) is 8.03. The Morgan fingerprint density at radius 3 is 2.73 bits per heavy atom. The van der Waals surface area contributed by atoms with Gasteiger partial charge < -0.3 is 5.73 Å². The van der Waals surface area contributed by atoms with Crippen LogP contribution in [-0.4, -0.2) is 21.7 Å². The van der Waals surface area contributed by atoms with Gasteiger partial charge in [0, 0.05) is 28.2 Å². The van der Waals surface area contributed by atoms with Crippen molar-refractivity contribution in [3.8, 4) is 0 Å². The van der Waals surface area contributed by atoms with Gasteiger partial charge >= 0.3 is 0 Å². The molecule has 15 heavy (non-hydrogen) atoms. The minimum atomic E-state index is 0.577. The van der Waals surface area contributed by atoms with Crippen molar-refractivity contribution in [2.45, 2.75) is 30.9 Å². The van der Waals surface area contributed by atoms with Gasteiger partial charge in [0.1, 0.15) is 5.01 Å². The molecule has 84 valence electrons. The van der Waals surface area contributed by atoms with Crippen molar-refractivity contribution in [2.75, 3.05) is 11.5 Å². The van der Waals surface area contributed by atoms with Crippen molar-refractivity contribution in [3.05, 3.63) is 15.6 Å². The summed E-state index contributed by atoms with van der Waals surface area (Å²) in [5, 5.41) is 2.53. The molecule has 1 aliphatic rings. The summed E-state index contributed by atoms with van der Waals surface area (Å²) in [6.45, 7) is 5.00. The molecule has 2 unspecified atom stereocenters. The highest BCUT2D eigenvalue weighted by Crippen LogP contribution is 2.44. The molecule has 0 saturated carbocycles. The predicted octanol–water partition coefficient (Wildman–Crippen LogP) is 2.82. The number of aryl methyl sites for hydroxylation is 1. The van der Waals surface area contributed by atoms with Crippen LogP contribution in [0.1, 0.15) is 27.8 Å². The molecule has 0 amide bonds. The lowest BCUT2D eigenvalue weighted by Crippen LogP contribution is -2.15. The highest BCUT2D eigenvalue weighted by Gasteiger charge is 2.27. The third kappa shape index (κ3) is 2.52. The van der Waals surface area contributed by atoms with Gasteiger partial charge in [0.2, 0.25) is 0 Å². The van der Waals surface area contributed by atoms with E-state index in [9.17, 15) is 0 Å². The normalized spacial score (nSPS) is 26.9. The van der Waals surface area contributed by atoms with Crippen LogP contribution in [0.25, 0.3) is 0 Å². The molecule has 1 fully saturated rings. The topological polar surface area (TPSA) is 38.9 Å². The molecule has 2 rings (SSSR count). The van der Waals surface area contributed by atoms with Crippen LogP contribution in [0.5, 0.6) is 0 Å². The summed E-state index contributed by atoms with van der Waals surface area (Å²) in [6.07, 6.45) is 0. The van der Waals surface area contributed by atoms with Crippen molar-refractivity contribution in [1.29, 1.82) is 0 Å². The molecule has 2 nitrogen and oxygen atoms in total. The zero-order valence-corrected chi connectivity index (χ0v) is 11.5. The van der Waals surface area contributed by atoms with Gasteiger partial charge in [0.15, 0.2) is 0 Å². The van der Waals surface area contributed by atoms with Crippen molar-refractivity contribution in [3.63, 3.8) is 0 Å². The van der Waals surface area contributed by atoms with E-state index in [0.29, 0.717) is 17.0 Å². The van der Waals surface area contributed by atoms with Crippen LogP contribution in [0, 0.1) is 6.92 Å². The summed E-state index contributed by atoms with van der Waals surface area (Å²) in [7, 11) is 0. The molecule has 0 radical (unpaired) electrons. The molecule has 1 saturated heterocycles. The second kappa shape index (κ2) is 5.08. The smallest absolute Gasteiger partial charge is 0.107 e. The Labute approximate surface area is 103 Å². The fourth-order valence-corrected chi connectivity index (χ4v) is 5.77. The Kier molecular flexibility index (Phi) is 3.98. The number of nitrogens with two attached hydrogens (primary N) is 1. The Bertz CT molecular complexity index is 337. The lowest BCUT2D eigenvalue weighted by Gasteiger charge is -2.25. The van der Waals surface area contributed by atoms with E-state index < -0.39 is 0 Å². The first-order valence-electron chi connectivity index (χ1n) is 5.12. The number of aromatic nitrogens is 1. The summed E-state index contributed by atoms with van der Waals surface area (Å²) in [4.78, 5) is 5.90. The quantitative estimate of drug-likeness (QED) is 0.887. The first-order chi connectivity index (χ1) is 7.22. The van der Waals surface area contributed by atoms with E-state index in [1.54, 1.807) is 11.3 Å². The van der Waals surface area contributed by atoms with Crippen molar-refractivity contribution in [2.24, 2.45) is 5.73 Å². The molecular weight excluding hydrogens is 244 g/mol. The molecule has 1 aliphatic heterocycles. The molecule has 2 heterocycles. The maximum Gasteiger partial charge on any atom is 0.107 e. The van der Waals surface area contributed by atoms with Gasteiger partial charge in [-0.25, -0.2) is 4.98 Å². The van der Waals surface area contributed by atoms with Crippen molar-refractivity contribution in [1.82, 2.24) is 4.98 Å². The highest BCUT2D eigenvalue weighted by molar-refractivity contribution is 8.06. The number of nitrogens with zero attached hydrogens (tertiary/aromatic N) is 1.